The lowest BCUT2D eigenvalue weighted by atomic mass is 10.0. The van der Waals surface area contributed by atoms with Gasteiger partial charge in [0.1, 0.15) is 12.6 Å². The van der Waals surface area contributed by atoms with E-state index < -0.39 is 28.5 Å². The van der Waals surface area contributed by atoms with Gasteiger partial charge in [-0.3, -0.25) is 13.9 Å². The van der Waals surface area contributed by atoms with Crippen molar-refractivity contribution >= 4 is 73.9 Å². The number of hydrogen-bond donors (Lipinski definition) is 1. The van der Waals surface area contributed by atoms with Gasteiger partial charge in [0.05, 0.1) is 30.7 Å². The Kier molecular flexibility index (Phi) is 13.0. The third-order valence-corrected chi connectivity index (χ3v) is 10.8. The first-order valence-corrected chi connectivity index (χ1v) is 18.0. The molecule has 0 spiro atoms. The number of hydrogen-bond acceptors (Lipinski definition) is 4. The van der Waals surface area contributed by atoms with Crippen LogP contribution in [-0.4, -0.2) is 44.3 Å². The number of carbonyl (C=O) groups is 2. The Bertz CT molecular complexity index is 1810. The van der Waals surface area contributed by atoms with Crippen LogP contribution in [0.15, 0.2) is 95.9 Å². The van der Waals surface area contributed by atoms with Gasteiger partial charge in [0.15, 0.2) is 0 Å². The fourth-order valence-corrected chi connectivity index (χ4v) is 6.92. The summed E-state index contributed by atoms with van der Waals surface area (Å²) in [5.41, 5.74) is 2.43. The van der Waals surface area contributed by atoms with Crippen LogP contribution in [0.4, 0.5) is 5.69 Å². The van der Waals surface area contributed by atoms with Gasteiger partial charge in [-0.05, 0) is 66.9 Å². The van der Waals surface area contributed by atoms with Crippen LogP contribution < -0.4 is 9.62 Å². The van der Waals surface area contributed by atoms with E-state index in [4.69, 9.17) is 46.4 Å². The van der Waals surface area contributed by atoms with Crippen LogP contribution in [0.2, 0.25) is 20.1 Å². The summed E-state index contributed by atoms with van der Waals surface area (Å²) in [6.45, 7) is 3.60. The summed E-state index contributed by atoms with van der Waals surface area (Å²) >= 11 is 25.0. The number of unbranched alkanes of at least 4 members (excludes halogenated alkanes) is 1. The molecule has 4 aromatic carbocycles. The van der Waals surface area contributed by atoms with Crippen LogP contribution in [0.3, 0.4) is 0 Å². The van der Waals surface area contributed by atoms with Gasteiger partial charge in [-0.15, -0.1) is 0 Å². The first-order chi connectivity index (χ1) is 22.4. The van der Waals surface area contributed by atoms with E-state index in [9.17, 15) is 18.0 Å². The van der Waals surface area contributed by atoms with E-state index in [0.717, 1.165) is 28.3 Å². The molecule has 0 saturated heterocycles. The molecular formula is C35H35Cl4N3O4S. The Morgan fingerprint density at radius 2 is 1.43 bits per heavy atom. The van der Waals surface area contributed by atoms with Gasteiger partial charge in [0, 0.05) is 19.5 Å². The average Bonchev–Trinajstić information content (AvgIpc) is 3.05. The van der Waals surface area contributed by atoms with Crippen molar-refractivity contribution in [3.8, 4) is 0 Å². The van der Waals surface area contributed by atoms with Crippen molar-refractivity contribution in [1.29, 1.82) is 0 Å². The number of aryl methyl sites for hydroxylation is 1. The highest BCUT2D eigenvalue weighted by atomic mass is 35.5. The highest BCUT2D eigenvalue weighted by Crippen LogP contribution is 2.31. The number of halogens is 4. The number of nitrogens with one attached hydrogen (secondary N) is 1. The van der Waals surface area contributed by atoms with E-state index in [-0.39, 0.29) is 44.5 Å². The molecule has 1 N–H and O–H groups in total. The molecule has 0 bridgehead atoms. The molecule has 0 aliphatic carbocycles. The van der Waals surface area contributed by atoms with E-state index in [1.165, 1.54) is 35.2 Å². The molecule has 0 aliphatic heterocycles. The van der Waals surface area contributed by atoms with Crippen molar-refractivity contribution in [2.24, 2.45) is 0 Å². The molecule has 0 saturated carbocycles. The monoisotopic (exact) mass is 733 g/mol. The average molecular weight is 736 g/mol. The van der Waals surface area contributed by atoms with Crippen molar-refractivity contribution in [2.45, 2.75) is 50.6 Å². The fraction of sp³-hybridized carbons (Fsp3) is 0.257. The lowest BCUT2D eigenvalue weighted by Crippen LogP contribution is -2.53. The molecule has 0 unspecified atom stereocenters. The lowest BCUT2D eigenvalue weighted by molar-refractivity contribution is -0.140. The van der Waals surface area contributed by atoms with Crippen molar-refractivity contribution < 1.29 is 18.0 Å². The minimum absolute atomic E-state index is 0.0175. The quantitative estimate of drug-likeness (QED) is 0.132. The van der Waals surface area contributed by atoms with Gasteiger partial charge < -0.3 is 10.2 Å². The van der Waals surface area contributed by atoms with Crippen LogP contribution in [0.5, 0.6) is 0 Å². The summed E-state index contributed by atoms with van der Waals surface area (Å²) in [4.78, 5) is 29.8. The normalized spacial score (nSPS) is 12.0. The molecule has 1 atom stereocenters. The van der Waals surface area contributed by atoms with E-state index in [2.05, 4.69) is 5.32 Å². The molecule has 47 heavy (non-hydrogen) atoms. The topological polar surface area (TPSA) is 86.8 Å². The maximum absolute atomic E-state index is 14.6. The van der Waals surface area contributed by atoms with Crippen molar-refractivity contribution in [1.82, 2.24) is 10.2 Å². The number of amides is 2. The van der Waals surface area contributed by atoms with Crippen LogP contribution in [0.1, 0.15) is 36.5 Å². The summed E-state index contributed by atoms with van der Waals surface area (Å²) in [5, 5.41) is 3.92. The van der Waals surface area contributed by atoms with Crippen LogP contribution >= 0.6 is 46.4 Å². The minimum Gasteiger partial charge on any atom is -0.354 e. The van der Waals surface area contributed by atoms with Crippen LogP contribution in [0, 0.1) is 6.92 Å². The third-order valence-electron chi connectivity index (χ3n) is 7.52. The zero-order valence-electron chi connectivity index (χ0n) is 25.9. The van der Waals surface area contributed by atoms with Gasteiger partial charge in [0.25, 0.3) is 10.0 Å². The molecule has 4 rings (SSSR count). The van der Waals surface area contributed by atoms with Crippen molar-refractivity contribution in [3.05, 3.63) is 128 Å². The predicted octanol–water partition coefficient (Wildman–Crippen LogP) is 8.36. The molecule has 0 fully saturated rings. The zero-order valence-corrected chi connectivity index (χ0v) is 29.8. The summed E-state index contributed by atoms with van der Waals surface area (Å²) in [6, 6.07) is 23.9. The maximum atomic E-state index is 14.6. The second-order valence-electron chi connectivity index (χ2n) is 11.0. The second-order valence-corrected chi connectivity index (χ2v) is 14.5. The predicted molar refractivity (Wildman–Crippen MR) is 191 cm³/mol. The smallest absolute Gasteiger partial charge is 0.264 e. The third kappa shape index (κ3) is 9.64. The zero-order chi connectivity index (χ0) is 34.1. The van der Waals surface area contributed by atoms with Crippen LogP contribution in [0.25, 0.3) is 0 Å². The van der Waals surface area contributed by atoms with Gasteiger partial charge in [-0.2, -0.15) is 0 Å². The fourth-order valence-electron chi connectivity index (χ4n) is 4.90. The Balaban J connectivity index is 1.82. The Labute approximate surface area is 296 Å². The number of nitrogens with zero attached hydrogens (tertiary/aromatic N) is 2. The minimum atomic E-state index is -4.29. The molecule has 0 radical (unpaired) electrons. The molecule has 2 amide bonds. The number of benzene rings is 4. The largest absolute Gasteiger partial charge is 0.354 e. The molecule has 7 nitrogen and oxygen atoms in total. The number of rotatable bonds is 14. The number of anilines is 1. The van der Waals surface area contributed by atoms with Gasteiger partial charge in [-0.1, -0.05) is 114 Å². The molecule has 0 heterocycles. The Morgan fingerprint density at radius 1 is 0.787 bits per heavy atom. The summed E-state index contributed by atoms with van der Waals surface area (Å²) in [6.07, 6.45) is 1.80. The SMILES string of the molecule is CCCCNC(=O)[C@@H](Cc1ccccc1)N(Cc1ccc(Cl)c(Cl)c1)C(=O)CN(c1ccc(Cl)c(Cl)c1)S(=O)(=O)c1ccc(C)cc1. The van der Waals surface area contributed by atoms with Gasteiger partial charge in [0.2, 0.25) is 11.8 Å². The standard InChI is InChI=1S/C35H35Cl4N3O4S/c1-3-4-18-40-35(44)33(20-25-8-6-5-7-9-25)41(22-26-12-16-29(36)31(38)19-26)34(43)23-42(27-13-17-30(37)32(39)21-27)47(45,46)28-14-10-24(2)11-15-28/h5-17,19,21,33H,3-4,18,20,22-23H2,1-2H3,(H,40,44)/t33-/m1/s1. The first kappa shape index (κ1) is 36.6. The molecule has 0 aliphatic rings. The maximum Gasteiger partial charge on any atom is 0.264 e. The Hall–Kier alpha value is -3.27. The summed E-state index contributed by atoms with van der Waals surface area (Å²) in [7, 11) is -4.29. The summed E-state index contributed by atoms with van der Waals surface area (Å²) < 4.78 is 29.3. The molecule has 4 aromatic rings. The second kappa shape index (κ2) is 16.7. The highest BCUT2D eigenvalue weighted by Gasteiger charge is 2.35. The van der Waals surface area contributed by atoms with Crippen LogP contribution in [-0.2, 0) is 32.6 Å². The van der Waals surface area contributed by atoms with Crippen molar-refractivity contribution in [3.63, 3.8) is 0 Å². The van der Waals surface area contributed by atoms with Gasteiger partial charge >= 0.3 is 0 Å². The van der Waals surface area contributed by atoms with Crippen molar-refractivity contribution in [2.75, 3.05) is 17.4 Å². The van der Waals surface area contributed by atoms with Gasteiger partial charge in [-0.25, -0.2) is 8.42 Å². The van der Waals surface area contributed by atoms with E-state index in [1.807, 2.05) is 44.2 Å². The molecular weight excluding hydrogens is 700 g/mol. The lowest BCUT2D eigenvalue weighted by Gasteiger charge is -2.34. The highest BCUT2D eigenvalue weighted by molar-refractivity contribution is 7.92. The first-order valence-electron chi connectivity index (χ1n) is 15.0. The summed E-state index contributed by atoms with van der Waals surface area (Å²) in [5.74, 6) is -0.984. The molecule has 12 heteroatoms. The number of carbonyl (C=O) groups excluding carboxylic acids is 2. The van der Waals surface area contributed by atoms with E-state index >= 15 is 0 Å². The molecule has 248 valence electrons. The van der Waals surface area contributed by atoms with E-state index in [0.29, 0.717) is 17.1 Å². The van der Waals surface area contributed by atoms with E-state index in [1.54, 1.807) is 30.3 Å². The number of sulfonamides is 1. The molecule has 0 aromatic heterocycles. The Morgan fingerprint density at radius 3 is 2.04 bits per heavy atom.